The maximum absolute atomic E-state index is 4.31. The van der Waals surface area contributed by atoms with E-state index < -0.39 is 0 Å². The minimum atomic E-state index is 0.367. The summed E-state index contributed by atoms with van der Waals surface area (Å²) < 4.78 is 1.99. The summed E-state index contributed by atoms with van der Waals surface area (Å²) in [7, 11) is 2.00. The minimum absolute atomic E-state index is 0.367. The first-order valence-electron chi connectivity index (χ1n) is 3.32. The molecule has 1 rings (SSSR count). The van der Waals surface area contributed by atoms with Crippen LogP contribution in [0.5, 0.6) is 0 Å². The highest BCUT2D eigenvalue weighted by molar-refractivity contribution is 4.94. The van der Waals surface area contributed by atoms with Crippen molar-refractivity contribution in [3.63, 3.8) is 0 Å². The summed E-state index contributed by atoms with van der Waals surface area (Å²) in [4.78, 5) is 0. The van der Waals surface area contributed by atoms with Gasteiger partial charge in [0.2, 0.25) is 0 Å². The first kappa shape index (κ1) is 6.46. The summed E-state index contributed by atoms with van der Waals surface area (Å²) >= 11 is 0. The smallest absolute Gasteiger partial charge is 0.124 e. The third-order valence-corrected chi connectivity index (χ3v) is 1.62. The van der Waals surface area contributed by atoms with Gasteiger partial charge in [-0.25, -0.2) is 0 Å². The first-order chi connectivity index (χ1) is 4.20. The van der Waals surface area contributed by atoms with Crippen LogP contribution >= 0.6 is 0 Å². The lowest BCUT2D eigenvalue weighted by Crippen LogP contribution is -2.21. The van der Waals surface area contributed by atoms with Crippen molar-refractivity contribution in [2.75, 3.05) is 7.05 Å². The molecule has 0 radical (unpaired) electrons. The highest BCUT2D eigenvalue weighted by Gasteiger charge is 2.14. The molecule has 1 heterocycles. The van der Waals surface area contributed by atoms with Gasteiger partial charge in [-0.3, -0.25) is 0 Å². The van der Waals surface area contributed by atoms with Gasteiger partial charge in [-0.15, -0.1) is 4.70 Å². The summed E-state index contributed by atoms with van der Waals surface area (Å²) in [5.41, 5.74) is 0. The van der Waals surface area contributed by atoms with Crippen molar-refractivity contribution in [3.05, 3.63) is 12.2 Å². The number of hydrogen-bond donors (Lipinski definition) is 0. The van der Waals surface area contributed by atoms with E-state index in [4.69, 9.17) is 0 Å². The van der Waals surface area contributed by atoms with Crippen LogP contribution in [-0.4, -0.2) is 23.8 Å². The van der Waals surface area contributed by atoms with Gasteiger partial charge in [-0.1, -0.05) is 6.08 Å². The monoisotopic (exact) mass is 125 g/mol. The summed E-state index contributed by atoms with van der Waals surface area (Å²) in [6.45, 7) is 4.21. The molecule has 2 atom stereocenters. The predicted octanol–water partition coefficient (Wildman–Crippen LogP) is 1.43. The highest BCUT2D eigenvalue weighted by Crippen LogP contribution is 2.04. The van der Waals surface area contributed by atoms with Crippen LogP contribution in [0.1, 0.15) is 13.8 Å². The van der Waals surface area contributed by atoms with E-state index in [1.54, 1.807) is 0 Å². The molecular formula is C7H13N2+. The number of nitrogens with zero attached hydrogens (tertiary/aromatic N) is 2. The zero-order valence-corrected chi connectivity index (χ0v) is 6.20. The Morgan fingerprint density at radius 1 is 1.33 bits per heavy atom. The molecule has 0 aromatic carbocycles. The lowest BCUT2D eigenvalue weighted by atomic mass is 10.2. The molecule has 0 fully saturated rings. The van der Waals surface area contributed by atoms with E-state index in [2.05, 4.69) is 31.1 Å². The van der Waals surface area contributed by atoms with Gasteiger partial charge >= 0.3 is 0 Å². The average Bonchev–Trinajstić information content (AvgIpc) is 1.80. The largest absolute Gasteiger partial charge is 0.193 e. The van der Waals surface area contributed by atoms with Crippen LogP contribution < -0.4 is 0 Å². The van der Waals surface area contributed by atoms with Gasteiger partial charge in [0.05, 0.1) is 0 Å². The zero-order chi connectivity index (χ0) is 6.85. The fourth-order valence-corrected chi connectivity index (χ4v) is 0.877. The highest BCUT2D eigenvalue weighted by atomic mass is 15.3. The van der Waals surface area contributed by atoms with Crippen molar-refractivity contribution in [2.24, 2.45) is 5.11 Å². The van der Waals surface area contributed by atoms with Gasteiger partial charge in [0, 0.05) is 6.92 Å². The summed E-state index contributed by atoms with van der Waals surface area (Å²) in [5, 5.41) is 4.31. The second kappa shape index (κ2) is 2.29. The van der Waals surface area contributed by atoms with Crippen LogP contribution in [0, 0.1) is 0 Å². The summed E-state index contributed by atoms with van der Waals surface area (Å²) in [5.74, 6) is 0. The van der Waals surface area contributed by atoms with Crippen LogP contribution in [0.2, 0.25) is 0 Å². The molecule has 0 saturated heterocycles. The van der Waals surface area contributed by atoms with Crippen molar-refractivity contribution >= 4 is 0 Å². The molecule has 50 valence electrons. The third kappa shape index (κ3) is 1.37. The normalized spacial score (nSPS) is 34.3. The Labute approximate surface area is 55.9 Å². The van der Waals surface area contributed by atoms with E-state index in [0.29, 0.717) is 12.1 Å². The molecule has 0 aromatic heterocycles. The number of likely N-dealkylation sites (N-methyl/N-ethyl adjacent to an activating group) is 1. The molecule has 1 aliphatic heterocycles. The third-order valence-electron chi connectivity index (χ3n) is 1.62. The Bertz CT molecular complexity index is 158. The molecule has 0 bridgehead atoms. The maximum atomic E-state index is 4.31. The van der Waals surface area contributed by atoms with Crippen molar-refractivity contribution in [3.8, 4) is 0 Å². The molecule has 2 nitrogen and oxygen atoms in total. The van der Waals surface area contributed by atoms with Gasteiger partial charge in [0.1, 0.15) is 6.04 Å². The molecular weight excluding hydrogens is 112 g/mol. The van der Waals surface area contributed by atoms with Crippen LogP contribution in [0.25, 0.3) is 0 Å². The van der Waals surface area contributed by atoms with Crippen molar-refractivity contribution < 1.29 is 4.70 Å². The second-order valence-electron chi connectivity index (χ2n) is 2.56. The SMILES string of the molecule is CC1C=CC(C)[N+](C)=N1. The number of rotatable bonds is 0. The molecule has 0 aliphatic carbocycles. The van der Waals surface area contributed by atoms with Crippen LogP contribution in [0.15, 0.2) is 17.3 Å². The van der Waals surface area contributed by atoms with Gasteiger partial charge in [0.25, 0.3) is 0 Å². The predicted molar refractivity (Wildman–Crippen MR) is 36.7 cm³/mol. The molecule has 0 amide bonds. The quantitative estimate of drug-likeness (QED) is 0.344. The minimum Gasteiger partial charge on any atom is -0.124 e. The van der Waals surface area contributed by atoms with E-state index in [1.807, 2.05) is 11.7 Å². The molecule has 0 spiro atoms. The van der Waals surface area contributed by atoms with E-state index in [0.717, 1.165) is 0 Å². The fourth-order valence-electron chi connectivity index (χ4n) is 0.877. The standard InChI is InChI=1S/C7H13N2/c1-6-4-5-7(2)9(3)8-6/h4-7H,1-3H3/q+1. The number of azo groups is 2. The molecule has 0 N–H and O–H groups in total. The number of hydrogen-bond acceptors (Lipinski definition) is 1. The Hall–Kier alpha value is -0.660. The van der Waals surface area contributed by atoms with Crippen LogP contribution in [-0.2, 0) is 0 Å². The lowest BCUT2D eigenvalue weighted by Gasteiger charge is -2.06. The molecule has 2 unspecified atom stereocenters. The van der Waals surface area contributed by atoms with Crippen molar-refractivity contribution in [1.29, 1.82) is 0 Å². The Morgan fingerprint density at radius 2 is 2.00 bits per heavy atom. The maximum Gasteiger partial charge on any atom is 0.193 e. The lowest BCUT2D eigenvalue weighted by molar-refractivity contribution is -0.593. The van der Waals surface area contributed by atoms with Crippen molar-refractivity contribution in [1.82, 2.24) is 0 Å². The Kier molecular flexibility index (Phi) is 1.65. The van der Waals surface area contributed by atoms with Gasteiger partial charge < -0.3 is 0 Å². The zero-order valence-electron chi connectivity index (χ0n) is 6.20. The van der Waals surface area contributed by atoms with E-state index in [-0.39, 0.29) is 0 Å². The van der Waals surface area contributed by atoms with Gasteiger partial charge in [-0.2, -0.15) is 0 Å². The topological polar surface area (TPSA) is 15.4 Å². The van der Waals surface area contributed by atoms with Gasteiger partial charge in [-0.05, 0) is 18.1 Å². The molecule has 9 heavy (non-hydrogen) atoms. The van der Waals surface area contributed by atoms with E-state index in [9.17, 15) is 0 Å². The van der Waals surface area contributed by atoms with Gasteiger partial charge in [0.15, 0.2) is 13.1 Å². The Balaban J connectivity index is 2.70. The van der Waals surface area contributed by atoms with Crippen LogP contribution in [0.3, 0.4) is 0 Å². The first-order valence-corrected chi connectivity index (χ1v) is 3.32. The molecule has 0 saturated carbocycles. The Morgan fingerprint density at radius 3 is 2.44 bits per heavy atom. The summed E-state index contributed by atoms with van der Waals surface area (Å²) in [6, 6.07) is 0.840. The molecule has 1 aliphatic rings. The average molecular weight is 125 g/mol. The van der Waals surface area contributed by atoms with Crippen LogP contribution in [0.4, 0.5) is 0 Å². The molecule has 2 heteroatoms. The van der Waals surface area contributed by atoms with E-state index >= 15 is 0 Å². The van der Waals surface area contributed by atoms with Crippen molar-refractivity contribution in [2.45, 2.75) is 25.9 Å². The molecule has 0 aromatic rings. The second-order valence-corrected chi connectivity index (χ2v) is 2.56. The van der Waals surface area contributed by atoms with E-state index in [1.165, 1.54) is 0 Å². The summed E-state index contributed by atoms with van der Waals surface area (Å²) in [6.07, 6.45) is 4.31. The fraction of sp³-hybridized carbons (Fsp3) is 0.714.